The first-order valence-corrected chi connectivity index (χ1v) is 13.8. The van der Waals surface area contributed by atoms with Crippen LogP contribution in [0.3, 0.4) is 0 Å². The number of nitrogens with zero attached hydrogens (tertiary/aromatic N) is 15. The van der Waals surface area contributed by atoms with Crippen LogP contribution in [-0.2, 0) is 0 Å². The molecule has 0 saturated heterocycles. The van der Waals surface area contributed by atoms with E-state index < -0.39 is 0 Å². The largest absolute Gasteiger partial charge is 0.298 e. The molecule has 0 atom stereocenters. The van der Waals surface area contributed by atoms with Crippen LogP contribution in [-0.4, -0.2) is 95.0 Å². The Labute approximate surface area is 267 Å². The quantitative estimate of drug-likeness (QED) is 0.206. The van der Waals surface area contributed by atoms with Gasteiger partial charge in [0.1, 0.15) is 18.9 Å². The van der Waals surface area contributed by atoms with E-state index in [0.29, 0.717) is 33.4 Å². The first-order chi connectivity index (χ1) is 23.6. The fourth-order valence-corrected chi connectivity index (χ4v) is 4.11. The van der Waals surface area contributed by atoms with Crippen molar-refractivity contribution in [1.82, 2.24) is 76.1 Å². The van der Waals surface area contributed by atoms with Crippen LogP contribution < -0.4 is 0 Å². The fraction of sp³-hybridized carbons (Fsp3) is 0. The zero-order valence-electron chi connectivity index (χ0n) is 24.1. The standard InChI is InChI=1S/C30H15N15O3/c46-13-16-1-7-19(8-2-16)22-34-40-28(41-35-22)25-31-26(29-42-36-23(37-43-29)20-9-3-17(14-47)4-10-20)33-27(32-25)30-44-38-24(39-45-30)21-11-5-18(15-48)6-12-21/h1-15H. The predicted octanol–water partition coefficient (Wildman–Crippen LogP) is 2.05. The molecular formula is C30H15N15O3. The zero-order chi connectivity index (χ0) is 32.9. The second-order valence-electron chi connectivity index (χ2n) is 9.67. The minimum absolute atomic E-state index is 0.0752. The van der Waals surface area contributed by atoms with Gasteiger partial charge in [-0.1, -0.05) is 72.8 Å². The van der Waals surface area contributed by atoms with Crippen molar-refractivity contribution in [3.05, 3.63) is 89.5 Å². The van der Waals surface area contributed by atoms with Gasteiger partial charge in [0.2, 0.25) is 52.4 Å². The molecule has 3 aromatic carbocycles. The molecule has 228 valence electrons. The Bertz CT molecular complexity index is 1980. The molecule has 7 aromatic rings. The molecule has 0 radical (unpaired) electrons. The first kappa shape index (κ1) is 29.2. The molecule has 0 aliphatic heterocycles. The van der Waals surface area contributed by atoms with Crippen LogP contribution in [0.15, 0.2) is 72.8 Å². The highest BCUT2D eigenvalue weighted by molar-refractivity contribution is 5.77. The summed E-state index contributed by atoms with van der Waals surface area (Å²) in [6, 6.07) is 19.7. The normalized spacial score (nSPS) is 10.8. The summed E-state index contributed by atoms with van der Waals surface area (Å²) >= 11 is 0. The van der Waals surface area contributed by atoms with Gasteiger partial charge in [-0.2, -0.15) is 0 Å². The lowest BCUT2D eigenvalue weighted by Crippen LogP contribution is -2.09. The summed E-state index contributed by atoms with van der Waals surface area (Å²) in [5.74, 6) is 0.149. The molecule has 18 nitrogen and oxygen atoms in total. The number of hydrogen-bond donors (Lipinski definition) is 0. The summed E-state index contributed by atoms with van der Waals surface area (Å²) in [7, 11) is 0. The Morgan fingerprint density at radius 1 is 0.271 bits per heavy atom. The topological polar surface area (TPSA) is 245 Å². The summed E-state index contributed by atoms with van der Waals surface area (Å²) in [6.45, 7) is 0. The SMILES string of the molecule is O=Cc1ccc(-c2nnc(-c3nc(-c4nnc(-c5ccc(C=O)cc5)nn4)nc(-c4nnc(-c5ccc(C=O)cc5)nn4)n3)nn2)cc1. The van der Waals surface area contributed by atoms with Gasteiger partial charge in [-0.05, 0) is 0 Å². The third kappa shape index (κ3) is 6.06. The van der Waals surface area contributed by atoms with Gasteiger partial charge < -0.3 is 0 Å². The number of benzene rings is 3. The van der Waals surface area contributed by atoms with E-state index >= 15 is 0 Å². The average molecular weight is 634 g/mol. The minimum atomic E-state index is -0.0768. The summed E-state index contributed by atoms with van der Waals surface area (Å²) in [6.07, 6.45) is 2.18. The Hall–Kier alpha value is -7.50. The van der Waals surface area contributed by atoms with Crippen LogP contribution in [0.4, 0.5) is 0 Å². The molecule has 4 heterocycles. The highest BCUT2D eigenvalue weighted by Gasteiger charge is 2.20. The predicted molar refractivity (Wildman–Crippen MR) is 162 cm³/mol. The average Bonchev–Trinajstić information content (AvgIpc) is 3.18. The third-order valence-electron chi connectivity index (χ3n) is 6.59. The smallest absolute Gasteiger partial charge is 0.240 e. The van der Waals surface area contributed by atoms with Crippen molar-refractivity contribution in [3.8, 4) is 69.1 Å². The molecule has 0 aliphatic rings. The van der Waals surface area contributed by atoms with Gasteiger partial charge in [0.15, 0.2) is 0 Å². The van der Waals surface area contributed by atoms with Gasteiger partial charge in [-0.15, -0.1) is 61.2 Å². The number of carbonyl (C=O) groups is 3. The maximum atomic E-state index is 11.0. The first-order valence-electron chi connectivity index (χ1n) is 13.8. The van der Waals surface area contributed by atoms with E-state index in [1.165, 1.54) is 0 Å². The van der Waals surface area contributed by atoms with Gasteiger partial charge >= 0.3 is 0 Å². The lowest BCUT2D eigenvalue weighted by Gasteiger charge is -2.05. The van der Waals surface area contributed by atoms with Crippen molar-refractivity contribution in [2.75, 3.05) is 0 Å². The molecule has 18 heteroatoms. The summed E-state index contributed by atoms with van der Waals surface area (Å²) < 4.78 is 0. The Morgan fingerprint density at radius 3 is 0.688 bits per heavy atom. The van der Waals surface area contributed by atoms with Gasteiger partial charge in [0, 0.05) is 33.4 Å². The summed E-state index contributed by atoms with van der Waals surface area (Å²) in [4.78, 5) is 46.2. The molecule has 0 N–H and O–H groups in total. The molecule has 0 fully saturated rings. The monoisotopic (exact) mass is 633 g/mol. The summed E-state index contributed by atoms with van der Waals surface area (Å²) in [5.41, 5.74) is 3.23. The molecule has 4 aromatic heterocycles. The van der Waals surface area contributed by atoms with E-state index in [9.17, 15) is 14.4 Å². The zero-order valence-corrected chi connectivity index (χ0v) is 24.1. The van der Waals surface area contributed by atoms with E-state index in [1.807, 2.05) is 0 Å². The molecule has 48 heavy (non-hydrogen) atoms. The molecule has 7 rings (SSSR count). The summed E-state index contributed by atoms with van der Waals surface area (Å²) in [5, 5.41) is 49.6. The molecule has 0 unspecified atom stereocenters. The van der Waals surface area contributed by atoms with Crippen molar-refractivity contribution >= 4 is 18.9 Å². The third-order valence-corrected chi connectivity index (χ3v) is 6.59. The van der Waals surface area contributed by atoms with Gasteiger partial charge in [-0.3, -0.25) is 14.4 Å². The van der Waals surface area contributed by atoms with Crippen molar-refractivity contribution in [3.63, 3.8) is 0 Å². The van der Waals surface area contributed by atoms with Gasteiger partial charge in [-0.25, -0.2) is 15.0 Å². The number of carbonyl (C=O) groups excluding carboxylic acids is 3. The molecule has 0 saturated carbocycles. The van der Waals surface area contributed by atoms with E-state index in [4.69, 9.17) is 0 Å². The van der Waals surface area contributed by atoms with Crippen LogP contribution in [0.2, 0.25) is 0 Å². The maximum absolute atomic E-state index is 11.0. The van der Waals surface area contributed by atoms with Crippen LogP contribution in [0.25, 0.3) is 69.1 Å². The van der Waals surface area contributed by atoms with E-state index in [0.717, 1.165) is 18.9 Å². The highest BCUT2D eigenvalue weighted by Crippen LogP contribution is 2.21. The van der Waals surface area contributed by atoms with Crippen molar-refractivity contribution < 1.29 is 14.4 Å². The molecule has 0 aliphatic carbocycles. The van der Waals surface area contributed by atoms with E-state index in [-0.39, 0.29) is 52.4 Å². The Kier molecular flexibility index (Phi) is 7.82. The Balaban J connectivity index is 1.25. The number of aldehydes is 3. The van der Waals surface area contributed by atoms with Gasteiger partial charge in [0.05, 0.1) is 0 Å². The number of aromatic nitrogens is 15. The number of rotatable bonds is 9. The van der Waals surface area contributed by atoms with Gasteiger partial charge in [0.25, 0.3) is 0 Å². The molecule has 0 spiro atoms. The molecule has 0 bridgehead atoms. The highest BCUT2D eigenvalue weighted by atomic mass is 16.1. The lowest BCUT2D eigenvalue weighted by atomic mass is 10.1. The van der Waals surface area contributed by atoms with Crippen molar-refractivity contribution in [2.24, 2.45) is 0 Å². The Morgan fingerprint density at radius 2 is 0.479 bits per heavy atom. The second kappa shape index (κ2) is 12.9. The fourth-order valence-electron chi connectivity index (χ4n) is 4.11. The van der Waals surface area contributed by atoms with Crippen molar-refractivity contribution in [1.29, 1.82) is 0 Å². The van der Waals surface area contributed by atoms with Crippen LogP contribution in [0.1, 0.15) is 31.1 Å². The molecular weight excluding hydrogens is 618 g/mol. The maximum Gasteiger partial charge on any atom is 0.240 e. The van der Waals surface area contributed by atoms with Crippen LogP contribution >= 0.6 is 0 Å². The van der Waals surface area contributed by atoms with Crippen molar-refractivity contribution in [2.45, 2.75) is 0 Å². The second-order valence-corrected chi connectivity index (χ2v) is 9.67. The van der Waals surface area contributed by atoms with Crippen LogP contribution in [0.5, 0.6) is 0 Å². The van der Waals surface area contributed by atoms with E-state index in [1.54, 1.807) is 72.8 Å². The minimum Gasteiger partial charge on any atom is -0.298 e. The van der Waals surface area contributed by atoms with Crippen LogP contribution in [0, 0.1) is 0 Å². The van der Waals surface area contributed by atoms with E-state index in [2.05, 4.69) is 76.1 Å². The molecule has 0 amide bonds. The number of hydrogen-bond acceptors (Lipinski definition) is 18. The lowest BCUT2D eigenvalue weighted by molar-refractivity contribution is 0.111.